The molecule has 2 N–H and O–H groups in total. The van der Waals surface area contributed by atoms with Gasteiger partial charge in [0.05, 0.1) is 17.9 Å². The summed E-state index contributed by atoms with van der Waals surface area (Å²) in [5, 5.41) is 10.7. The van der Waals surface area contributed by atoms with Crippen molar-refractivity contribution in [2.24, 2.45) is 0 Å². The van der Waals surface area contributed by atoms with Crippen molar-refractivity contribution in [3.05, 3.63) is 46.8 Å². The van der Waals surface area contributed by atoms with Crippen molar-refractivity contribution >= 4 is 37.1 Å². The lowest BCUT2D eigenvalue weighted by atomic mass is 9.99. The fraction of sp³-hybridized carbons (Fsp3) is 0.440. The second-order valence-corrected chi connectivity index (χ2v) is 15.6. The van der Waals surface area contributed by atoms with Crippen molar-refractivity contribution in [2.45, 2.75) is 63.3 Å². The van der Waals surface area contributed by atoms with Gasteiger partial charge < -0.3 is 24.4 Å². The number of nitrogen functional groups attached to an aromatic ring is 1. The predicted octanol–water partition coefficient (Wildman–Crippen LogP) is 4.35. The van der Waals surface area contributed by atoms with Crippen molar-refractivity contribution < 1.29 is 32.7 Å². The molecular formula is C25H29FN6O7Si. The Balaban J connectivity index is 1.63. The van der Waals surface area contributed by atoms with E-state index in [-0.39, 0.29) is 46.5 Å². The average Bonchev–Trinajstić information content (AvgIpc) is 3.44. The Morgan fingerprint density at radius 1 is 1.35 bits per heavy atom. The number of carbonyl (C=O) groups excluding carboxylic acids is 1. The number of nitro groups is 1. The Hall–Kier alpha value is -4.13. The van der Waals surface area contributed by atoms with E-state index in [9.17, 15) is 19.3 Å². The second kappa shape index (κ2) is 10.4. The van der Waals surface area contributed by atoms with Crippen LogP contribution < -0.4 is 10.5 Å². The van der Waals surface area contributed by atoms with Gasteiger partial charge in [-0.25, -0.2) is 9.78 Å². The molecule has 0 aliphatic carbocycles. The maximum absolute atomic E-state index is 14.0. The third-order valence-corrected chi connectivity index (χ3v) is 11.7. The first kappa shape index (κ1) is 28.9. The molecule has 0 bridgehead atoms. The Morgan fingerprint density at radius 3 is 2.62 bits per heavy atom. The van der Waals surface area contributed by atoms with Crippen LogP contribution >= 0.6 is 0 Å². The lowest BCUT2D eigenvalue weighted by molar-refractivity contribution is -0.384. The normalized spacial score (nSPS) is 21.2. The molecule has 40 heavy (non-hydrogen) atoms. The molecule has 0 spiro atoms. The van der Waals surface area contributed by atoms with Crippen LogP contribution in [-0.4, -0.2) is 57.2 Å². The molecule has 4 rings (SSSR count). The summed E-state index contributed by atoms with van der Waals surface area (Å²) in [6.45, 7) is 10.1. The smallest absolute Gasteiger partial charge is 0.426 e. The average molecular weight is 573 g/mol. The van der Waals surface area contributed by atoms with Crippen LogP contribution in [0.4, 0.5) is 20.7 Å². The van der Waals surface area contributed by atoms with E-state index in [1.54, 1.807) is 0 Å². The van der Waals surface area contributed by atoms with Crippen LogP contribution in [0, 0.1) is 28.5 Å². The van der Waals surface area contributed by atoms with Gasteiger partial charge >= 0.3 is 12.2 Å². The summed E-state index contributed by atoms with van der Waals surface area (Å²) in [4.78, 5) is 34.6. The van der Waals surface area contributed by atoms with Crippen molar-refractivity contribution in [3.63, 3.8) is 0 Å². The number of nitrogens with zero attached hydrogens (tertiary/aromatic N) is 5. The molecule has 1 saturated heterocycles. The number of aromatic nitrogens is 4. The standard InChI is InChI=1S/C25H29FN6O7Si/c1-7-25(13-36-40(5,6)24(2,3)4)17(38-23(33)37-16-10-8-15(9-11-16)32(34)35)12-18(39-25)31-14-28-19-20(27)29-22(26)30-21(19)31/h1,8-11,14,17-18H,12-13H2,2-6H3,(H2,27,29,30)/t17-,18+,25+/m0/s1. The number of ether oxygens (including phenoxy) is 3. The molecule has 3 heterocycles. The fourth-order valence-corrected chi connectivity index (χ4v) is 4.86. The molecule has 1 aromatic carbocycles. The van der Waals surface area contributed by atoms with Gasteiger partial charge in [0.25, 0.3) is 5.69 Å². The monoisotopic (exact) mass is 572 g/mol. The van der Waals surface area contributed by atoms with Gasteiger partial charge in [0, 0.05) is 18.6 Å². The molecule has 212 valence electrons. The number of anilines is 1. The largest absolute Gasteiger partial charge is 0.514 e. The van der Waals surface area contributed by atoms with Gasteiger partial charge in [-0.1, -0.05) is 26.7 Å². The highest BCUT2D eigenvalue weighted by atomic mass is 28.4. The molecule has 1 aliphatic heterocycles. The first-order valence-electron chi connectivity index (χ1n) is 12.2. The summed E-state index contributed by atoms with van der Waals surface area (Å²) in [5.41, 5.74) is 4.31. The minimum atomic E-state index is -2.34. The van der Waals surface area contributed by atoms with Crippen LogP contribution in [0.1, 0.15) is 33.4 Å². The van der Waals surface area contributed by atoms with Crippen LogP contribution in [0.25, 0.3) is 11.2 Å². The fourth-order valence-electron chi connectivity index (χ4n) is 3.85. The van der Waals surface area contributed by atoms with Crippen LogP contribution in [0.2, 0.25) is 18.1 Å². The summed E-state index contributed by atoms with van der Waals surface area (Å²) in [6.07, 6.45) is 3.23. The van der Waals surface area contributed by atoms with Crippen LogP contribution in [0.5, 0.6) is 5.75 Å². The number of non-ortho nitro benzene ring substituents is 1. The highest BCUT2D eigenvalue weighted by Crippen LogP contribution is 2.43. The Labute approximate surface area is 230 Å². The number of rotatable bonds is 7. The number of hydrogen-bond acceptors (Lipinski definition) is 11. The Kier molecular flexibility index (Phi) is 7.54. The van der Waals surface area contributed by atoms with Crippen LogP contribution in [0.15, 0.2) is 30.6 Å². The molecule has 3 atom stereocenters. The Morgan fingerprint density at radius 2 is 2.02 bits per heavy atom. The zero-order chi connectivity index (χ0) is 29.5. The van der Waals surface area contributed by atoms with E-state index in [0.29, 0.717) is 0 Å². The number of imidazole rings is 1. The zero-order valence-electron chi connectivity index (χ0n) is 22.6. The highest BCUT2D eigenvalue weighted by molar-refractivity contribution is 6.74. The molecular weight excluding hydrogens is 543 g/mol. The molecule has 0 amide bonds. The van der Waals surface area contributed by atoms with Crippen molar-refractivity contribution in [1.29, 1.82) is 0 Å². The van der Waals surface area contributed by atoms with E-state index in [2.05, 4.69) is 41.6 Å². The van der Waals surface area contributed by atoms with Gasteiger partial charge in [0.1, 0.15) is 12.0 Å². The zero-order valence-corrected chi connectivity index (χ0v) is 23.6. The third kappa shape index (κ3) is 5.59. The molecule has 3 aromatic rings. The number of halogens is 1. The summed E-state index contributed by atoms with van der Waals surface area (Å²) >= 11 is 0. The molecule has 0 saturated carbocycles. The van der Waals surface area contributed by atoms with Crippen LogP contribution in [0.3, 0.4) is 0 Å². The Bertz CT molecular complexity index is 1480. The number of nitrogens with two attached hydrogens (primary N) is 1. The van der Waals surface area contributed by atoms with Crippen molar-refractivity contribution in [3.8, 4) is 18.1 Å². The summed E-state index contributed by atoms with van der Waals surface area (Å²) in [7, 11) is -2.34. The van der Waals surface area contributed by atoms with Gasteiger partial charge in [-0.3, -0.25) is 14.7 Å². The second-order valence-electron chi connectivity index (χ2n) is 10.8. The maximum Gasteiger partial charge on any atom is 0.514 e. The van der Waals surface area contributed by atoms with E-state index in [1.165, 1.54) is 35.2 Å². The number of fused-ring (bicyclic) bond motifs is 1. The molecule has 1 fully saturated rings. The lowest BCUT2D eigenvalue weighted by Crippen LogP contribution is -2.50. The number of nitro benzene ring substituents is 1. The first-order chi connectivity index (χ1) is 18.7. The molecule has 0 unspecified atom stereocenters. The van der Waals surface area contributed by atoms with E-state index in [1.807, 2.05) is 13.1 Å². The molecule has 1 aliphatic rings. The van der Waals surface area contributed by atoms with Crippen molar-refractivity contribution in [1.82, 2.24) is 19.5 Å². The topological polar surface area (TPSA) is 167 Å². The number of hydrogen-bond donors (Lipinski definition) is 1. The molecule has 2 aromatic heterocycles. The quantitative estimate of drug-likeness (QED) is 0.0813. The predicted molar refractivity (Wildman–Crippen MR) is 143 cm³/mol. The SMILES string of the molecule is C#C[C@]1(CO[Si](C)(C)C(C)(C)C)O[C@@H](n2cnc3c(N)nc(F)nc32)C[C@@H]1OC(=O)Oc1ccc([N+](=O)[O-])cc1. The van der Waals surface area contributed by atoms with E-state index >= 15 is 0 Å². The first-order valence-corrected chi connectivity index (χ1v) is 15.1. The van der Waals surface area contributed by atoms with E-state index in [4.69, 9.17) is 30.8 Å². The van der Waals surface area contributed by atoms with E-state index in [0.717, 1.165) is 0 Å². The minimum Gasteiger partial charge on any atom is -0.426 e. The minimum absolute atomic E-state index is 0.0113. The van der Waals surface area contributed by atoms with Gasteiger partial charge in [-0.15, -0.1) is 6.42 Å². The van der Waals surface area contributed by atoms with Gasteiger partial charge in [0.15, 0.2) is 37.0 Å². The summed E-state index contributed by atoms with van der Waals surface area (Å²) in [5.74, 6) is 2.48. The van der Waals surface area contributed by atoms with Gasteiger partial charge in [-0.05, 0) is 30.3 Å². The van der Waals surface area contributed by atoms with E-state index < -0.39 is 43.4 Å². The molecule has 13 nitrogen and oxygen atoms in total. The number of terminal acetylenes is 1. The highest BCUT2D eigenvalue weighted by Gasteiger charge is 2.53. The van der Waals surface area contributed by atoms with Crippen molar-refractivity contribution in [2.75, 3.05) is 12.3 Å². The third-order valence-electron chi connectivity index (χ3n) is 7.20. The van der Waals surface area contributed by atoms with Gasteiger partial charge in [-0.2, -0.15) is 14.4 Å². The molecule has 15 heteroatoms. The van der Waals surface area contributed by atoms with Gasteiger partial charge in [0.2, 0.25) is 0 Å². The summed E-state index contributed by atoms with van der Waals surface area (Å²) < 4.78 is 39.0. The number of carbonyl (C=O) groups is 1. The number of benzene rings is 1. The maximum atomic E-state index is 14.0. The van der Waals surface area contributed by atoms with Crippen LogP contribution in [-0.2, 0) is 13.9 Å². The lowest BCUT2D eigenvalue weighted by Gasteiger charge is -2.39. The summed E-state index contributed by atoms with van der Waals surface area (Å²) in [6, 6.07) is 4.90. The molecule has 0 radical (unpaired) electrons.